The summed E-state index contributed by atoms with van der Waals surface area (Å²) < 4.78 is 0. The lowest BCUT2D eigenvalue weighted by Crippen LogP contribution is -2.45. The van der Waals surface area contributed by atoms with Crippen molar-refractivity contribution in [3.05, 3.63) is 0 Å². The molecule has 1 atom stereocenters. The van der Waals surface area contributed by atoms with E-state index < -0.39 is 0 Å². The molecule has 0 radical (unpaired) electrons. The van der Waals surface area contributed by atoms with E-state index in [1.165, 1.54) is 51.4 Å². The van der Waals surface area contributed by atoms with Crippen LogP contribution in [0.2, 0.25) is 0 Å². The third-order valence-electron chi connectivity index (χ3n) is 5.57. The fraction of sp³-hybridized carbons (Fsp3) is 1.00. The second-order valence-electron chi connectivity index (χ2n) is 7.91. The van der Waals surface area contributed by atoms with Crippen LogP contribution in [0.3, 0.4) is 0 Å². The minimum Gasteiger partial charge on any atom is -0.395 e. The van der Waals surface area contributed by atoms with Crippen LogP contribution in [-0.2, 0) is 0 Å². The van der Waals surface area contributed by atoms with Gasteiger partial charge in [0.2, 0.25) is 0 Å². The van der Waals surface area contributed by atoms with Crippen LogP contribution < -0.4 is 5.32 Å². The predicted molar refractivity (Wildman–Crippen MR) is 81.2 cm³/mol. The Morgan fingerprint density at radius 2 is 1.58 bits per heavy atom. The zero-order chi connectivity index (χ0) is 13.9. The molecule has 2 fully saturated rings. The first-order valence-electron chi connectivity index (χ1n) is 8.37. The Kier molecular flexibility index (Phi) is 5.30. The summed E-state index contributed by atoms with van der Waals surface area (Å²) in [6.07, 6.45) is 10.6. The van der Waals surface area contributed by atoms with Crippen LogP contribution in [0, 0.1) is 17.3 Å². The van der Waals surface area contributed by atoms with Crippen molar-refractivity contribution in [3.8, 4) is 0 Å². The Balaban J connectivity index is 1.81. The first-order chi connectivity index (χ1) is 9.00. The lowest BCUT2D eigenvalue weighted by Gasteiger charge is -2.40. The smallest absolute Gasteiger partial charge is 0.0587 e. The predicted octanol–water partition coefficient (Wildman–Crippen LogP) is 3.73. The van der Waals surface area contributed by atoms with Crippen molar-refractivity contribution < 1.29 is 5.11 Å². The summed E-state index contributed by atoms with van der Waals surface area (Å²) in [5.74, 6) is 1.57. The van der Waals surface area contributed by atoms with Gasteiger partial charge in [0.15, 0.2) is 0 Å². The van der Waals surface area contributed by atoms with Crippen molar-refractivity contribution in [2.24, 2.45) is 17.3 Å². The molecule has 2 nitrogen and oxygen atoms in total. The summed E-state index contributed by atoms with van der Waals surface area (Å²) in [6, 6.07) is 1.03. The Hall–Kier alpha value is -0.0800. The van der Waals surface area contributed by atoms with Crippen LogP contribution in [0.1, 0.15) is 72.1 Å². The summed E-state index contributed by atoms with van der Waals surface area (Å²) in [5, 5.41) is 13.4. The van der Waals surface area contributed by atoms with Crippen molar-refractivity contribution in [2.75, 3.05) is 6.61 Å². The zero-order valence-electron chi connectivity index (χ0n) is 13.1. The lowest BCUT2D eigenvalue weighted by atomic mass is 9.68. The Morgan fingerprint density at radius 1 is 1.00 bits per heavy atom. The molecule has 0 saturated heterocycles. The number of aliphatic hydroxyl groups is 1. The van der Waals surface area contributed by atoms with Crippen molar-refractivity contribution in [2.45, 2.75) is 84.2 Å². The van der Waals surface area contributed by atoms with Crippen LogP contribution in [0.25, 0.3) is 0 Å². The monoisotopic (exact) mass is 267 g/mol. The molecule has 2 heteroatoms. The molecular weight excluding hydrogens is 234 g/mol. The van der Waals surface area contributed by atoms with E-state index in [2.05, 4.69) is 26.1 Å². The topological polar surface area (TPSA) is 32.3 Å². The maximum absolute atomic E-state index is 9.70. The lowest BCUT2D eigenvalue weighted by molar-refractivity contribution is 0.106. The van der Waals surface area contributed by atoms with Crippen LogP contribution in [0.5, 0.6) is 0 Å². The zero-order valence-corrected chi connectivity index (χ0v) is 13.1. The number of nitrogens with one attached hydrogen (secondary N) is 1. The molecule has 0 aromatic carbocycles. The normalized spacial score (nSPS) is 31.6. The van der Waals surface area contributed by atoms with Gasteiger partial charge in [-0.3, -0.25) is 0 Å². The van der Waals surface area contributed by atoms with E-state index in [4.69, 9.17) is 0 Å². The highest BCUT2D eigenvalue weighted by molar-refractivity contribution is 4.88. The first-order valence-corrected chi connectivity index (χ1v) is 8.37. The van der Waals surface area contributed by atoms with Crippen LogP contribution in [-0.4, -0.2) is 23.8 Å². The average molecular weight is 267 g/mol. The summed E-state index contributed by atoms with van der Waals surface area (Å²) >= 11 is 0. The molecular formula is C17H33NO. The third-order valence-corrected chi connectivity index (χ3v) is 5.57. The molecule has 0 bridgehead atoms. The van der Waals surface area contributed by atoms with Gasteiger partial charge in [-0.05, 0) is 55.8 Å². The minimum absolute atomic E-state index is 0.321. The van der Waals surface area contributed by atoms with Gasteiger partial charge in [-0.1, -0.05) is 33.6 Å². The molecule has 0 aromatic heterocycles. The summed E-state index contributed by atoms with van der Waals surface area (Å²) in [5.41, 5.74) is 0.457. The second-order valence-corrected chi connectivity index (χ2v) is 7.91. The highest BCUT2D eigenvalue weighted by atomic mass is 16.3. The van der Waals surface area contributed by atoms with Crippen LogP contribution in [0.4, 0.5) is 0 Å². The van der Waals surface area contributed by atoms with Gasteiger partial charge in [0, 0.05) is 12.1 Å². The maximum atomic E-state index is 9.70. The molecule has 2 aliphatic carbocycles. The van der Waals surface area contributed by atoms with Gasteiger partial charge < -0.3 is 10.4 Å². The van der Waals surface area contributed by atoms with Gasteiger partial charge >= 0.3 is 0 Å². The first kappa shape index (κ1) is 15.3. The number of hydrogen-bond donors (Lipinski definition) is 2. The highest BCUT2D eigenvalue weighted by Crippen LogP contribution is 2.40. The number of rotatable bonds is 4. The third kappa shape index (κ3) is 4.19. The van der Waals surface area contributed by atoms with E-state index >= 15 is 0 Å². The Labute approximate surface area is 119 Å². The molecule has 1 unspecified atom stereocenters. The van der Waals surface area contributed by atoms with Gasteiger partial charge in [0.1, 0.15) is 0 Å². The average Bonchev–Trinajstić information content (AvgIpc) is 2.88. The SMILES string of the molecule is CC(C)(C)C1CCC(C(CO)NC2CCCC2)CC1. The molecule has 0 amide bonds. The number of aliphatic hydroxyl groups excluding tert-OH is 1. The fourth-order valence-corrected chi connectivity index (χ4v) is 4.12. The van der Waals surface area contributed by atoms with Gasteiger partial charge in [-0.25, -0.2) is 0 Å². The molecule has 0 spiro atoms. The van der Waals surface area contributed by atoms with Crippen molar-refractivity contribution in [1.29, 1.82) is 0 Å². The van der Waals surface area contributed by atoms with Crippen LogP contribution in [0.15, 0.2) is 0 Å². The maximum Gasteiger partial charge on any atom is 0.0587 e. The van der Waals surface area contributed by atoms with Gasteiger partial charge in [-0.2, -0.15) is 0 Å². The second kappa shape index (κ2) is 6.58. The highest BCUT2D eigenvalue weighted by Gasteiger charge is 2.33. The van der Waals surface area contributed by atoms with Crippen molar-refractivity contribution >= 4 is 0 Å². The summed E-state index contributed by atoms with van der Waals surface area (Å²) in [6.45, 7) is 7.44. The molecule has 0 aliphatic heterocycles. The largest absolute Gasteiger partial charge is 0.395 e. The van der Waals surface area contributed by atoms with Gasteiger partial charge in [0.25, 0.3) is 0 Å². The molecule has 2 N–H and O–H groups in total. The van der Waals surface area contributed by atoms with E-state index in [1.54, 1.807) is 0 Å². The van der Waals surface area contributed by atoms with Gasteiger partial charge in [0.05, 0.1) is 6.61 Å². The summed E-state index contributed by atoms with van der Waals surface area (Å²) in [4.78, 5) is 0. The van der Waals surface area contributed by atoms with E-state index in [0.29, 0.717) is 30.0 Å². The van der Waals surface area contributed by atoms with E-state index in [9.17, 15) is 5.11 Å². The molecule has 19 heavy (non-hydrogen) atoms. The van der Waals surface area contributed by atoms with Crippen molar-refractivity contribution in [1.82, 2.24) is 5.32 Å². The minimum atomic E-state index is 0.321. The number of hydrogen-bond acceptors (Lipinski definition) is 2. The Morgan fingerprint density at radius 3 is 2.05 bits per heavy atom. The molecule has 0 aromatic rings. The van der Waals surface area contributed by atoms with E-state index in [1.807, 2.05) is 0 Å². The van der Waals surface area contributed by atoms with E-state index in [0.717, 1.165) is 5.92 Å². The van der Waals surface area contributed by atoms with Crippen LogP contribution >= 0.6 is 0 Å². The fourth-order valence-electron chi connectivity index (χ4n) is 4.12. The quantitative estimate of drug-likeness (QED) is 0.813. The molecule has 2 saturated carbocycles. The van der Waals surface area contributed by atoms with Crippen molar-refractivity contribution in [3.63, 3.8) is 0 Å². The molecule has 2 rings (SSSR count). The summed E-state index contributed by atoms with van der Waals surface area (Å²) in [7, 11) is 0. The molecule has 0 heterocycles. The molecule has 112 valence electrons. The van der Waals surface area contributed by atoms with E-state index in [-0.39, 0.29) is 0 Å². The Bertz CT molecular complexity index is 257. The molecule has 2 aliphatic rings. The standard InChI is InChI=1S/C17H33NO/c1-17(2,3)14-10-8-13(9-11-14)16(12-19)18-15-6-4-5-7-15/h13-16,18-19H,4-12H2,1-3H3. The van der Waals surface area contributed by atoms with Gasteiger partial charge in [-0.15, -0.1) is 0 Å².